The van der Waals surface area contributed by atoms with Crippen molar-refractivity contribution in [2.45, 2.75) is 19.4 Å². The maximum Gasteiger partial charge on any atom is 0.224 e. The van der Waals surface area contributed by atoms with Crippen molar-refractivity contribution in [3.05, 3.63) is 29.8 Å². The zero-order valence-electron chi connectivity index (χ0n) is 10.1. The average Bonchev–Trinajstić information content (AvgIpc) is 2.58. The van der Waals surface area contributed by atoms with Gasteiger partial charge in [-0.25, -0.2) is 0 Å². The summed E-state index contributed by atoms with van der Waals surface area (Å²) in [6.07, 6.45) is 0.463. The van der Waals surface area contributed by atoms with Crippen LogP contribution in [0.4, 0.5) is 0 Å². The highest BCUT2D eigenvalue weighted by Crippen LogP contribution is 2.13. The van der Waals surface area contributed by atoms with Crippen LogP contribution in [-0.4, -0.2) is 36.5 Å². The summed E-state index contributed by atoms with van der Waals surface area (Å²) in [5.41, 5.74) is 6.88. The van der Waals surface area contributed by atoms with Crippen molar-refractivity contribution in [1.29, 1.82) is 0 Å². The first-order valence-corrected chi connectivity index (χ1v) is 5.88. The second kappa shape index (κ2) is 5.19. The fraction of sp³-hybridized carbons (Fsp3) is 0.462. The predicted octanol–water partition coefficient (Wildman–Crippen LogP) is 0.933. The Bertz CT molecular complexity index is 406. The minimum absolute atomic E-state index is 0.0125. The SMILES string of the molecule is Cc1cccc(OCCN2CC(N)CC2=O)c1. The first-order chi connectivity index (χ1) is 8.15. The van der Waals surface area contributed by atoms with Gasteiger partial charge in [-0.2, -0.15) is 0 Å². The zero-order valence-corrected chi connectivity index (χ0v) is 10.1. The number of amides is 1. The van der Waals surface area contributed by atoms with Gasteiger partial charge in [0.15, 0.2) is 0 Å². The van der Waals surface area contributed by atoms with Crippen molar-refractivity contribution in [3.63, 3.8) is 0 Å². The highest BCUT2D eigenvalue weighted by atomic mass is 16.5. The van der Waals surface area contributed by atoms with E-state index in [0.29, 0.717) is 26.1 Å². The maximum atomic E-state index is 11.5. The maximum absolute atomic E-state index is 11.5. The number of hydrogen-bond acceptors (Lipinski definition) is 3. The lowest BCUT2D eigenvalue weighted by molar-refractivity contribution is -0.128. The molecule has 1 amide bonds. The van der Waals surface area contributed by atoms with E-state index < -0.39 is 0 Å². The molecular formula is C13H18N2O2. The number of hydrogen-bond donors (Lipinski definition) is 1. The fourth-order valence-electron chi connectivity index (χ4n) is 2.00. The summed E-state index contributed by atoms with van der Waals surface area (Å²) in [6.45, 7) is 3.80. The number of carbonyl (C=O) groups excluding carboxylic acids is 1. The summed E-state index contributed by atoms with van der Waals surface area (Å²) in [4.78, 5) is 13.2. The van der Waals surface area contributed by atoms with Gasteiger partial charge in [0.25, 0.3) is 0 Å². The summed E-state index contributed by atoms with van der Waals surface area (Å²) in [5, 5.41) is 0. The number of ether oxygens (including phenoxy) is 1. The number of aryl methyl sites for hydroxylation is 1. The standard InChI is InChI=1S/C13H18N2O2/c1-10-3-2-4-12(7-10)17-6-5-15-9-11(14)8-13(15)16/h2-4,7,11H,5-6,8-9,14H2,1H3. The molecule has 0 radical (unpaired) electrons. The molecule has 92 valence electrons. The van der Waals surface area contributed by atoms with Gasteiger partial charge in [0.1, 0.15) is 12.4 Å². The van der Waals surface area contributed by atoms with Gasteiger partial charge >= 0.3 is 0 Å². The molecule has 1 saturated heterocycles. The third-order valence-electron chi connectivity index (χ3n) is 2.86. The van der Waals surface area contributed by atoms with E-state index in [0.717, 1.165) is 5.75 Å². The van der Waals surface area contributed by atoms with E-state index in [9.17, 15) is 4.79 Å². The Morgan fingerprint density at radius 1 is 1.53 bits per heavy atom. The van der Waals surface area contributed by atoms with Crippen molar-refractivity contribution < 1.29 is 9.53 Å². The number of nitrogens with zero attached hydrogens (tertiary/aromatic N) is 1. The van der Waals surface area contributed by atoms with Crippen LogP contribution in [0.5, 0.6) is 5.75 Å². The van der Waals surface area contributed by atoms with Gasteiger partial charge in [-0.1, -0.05) is 12.1 Å². The van der Waals surface area contributed by atoms with Crippen LogP contribution in [0.3, 0.4) is 0 Å². The van der Waals surface area contributed by atoms with Gasteiger partial charge in [0, 0.05) is 19.0 Å². The van der Waals surface area contributed by atoms with Crippen LogP contribution in [0.25, 0.3) is 0 Å². The average molecular weight is 234 g/mol. The number of nitrogens with two attached hydrogens (primary N) is 1. The summed E-state index contributed by atoms with van der Waals surface area (Å²) < 4.78 is 5.60. The highest BCUT2D eigenvalue weighted by molar-refractivity contribution is 5.79. The van der Waals surface area contributed by atoms with Crippen molar-refractivity contribution >= 4 is 5.91 Å². The Kier molecular flexibility index (Phi) is 3.64. The van der Waals surface area contributed by atoms with E-state index in [1.54, 1.807) is 4.90 Å². The van der Waals surface area contributed by atoms with E-state index in [1.807, 2.05) is 31.2 Å². The summed E-state index contributed by atoms with van der Waals surface area (Å²) >= 11 is 0. The van der Waals surface area contributed by atoms with Crippen molar-refractivity contribution in [2.75, 3.05) is 19.7 Å². The summed E-state index contributed by atoms with van der Waals surface area (Å²) in [5.74, 6) is 0.978. The Morgan fingerprint density at radius 2 is 2.35 bits per heavy atom. The molecule has 17 heavy (non-hydrogen) atoms. The normalized spacial score (nSPS) is 19.8. The van der Waals surface area contributed by atoms with Crippen LogP contribution in [0.1, 0.15) is 12.0 Å². The van der Waals surface area contributed by atoms with Gasteiger partial charge in [0.05, 0.1) is 6.54 Å². The molecule has 1 aliphatic rings. The van der Waals surface area contributed by atoms with Crippen LogP contribution >= 0.6 is 0 Å². The molecule has 0 spiro atoms. The number of likely N-dealkylation sites (tertiary alicyclic amines) is 1. The zero-order chi connectivity index (χ0) is 12.3. The second-order valence-corrected chi connectivity index (χ2v) is 4.47. The molecule has 1 aromatic rings. The summed E-state index contributed by atoms with van der Waals surface area (Å²) in [7, 11) is 0. The van der Waals surface area contributed by atoms with Crippen molar-refractivity contribution in [3.8, 4) is 5.75 Å². The fourth-order valence-corrected chi connectivity index (χ4v) is 2.00. The van der Waals surface area contributed by atoms with Gasteiger partial charge in [-0.3, -0.25) is 4.79 Å². The van der Waals surface area contributed by atoms with Crippen molar-refractivity contribution in [2.24, 2.45) is 5.73 Å². The van der Waals surface area contributed by atoms with Gasteiger partial charge in [-0.05, 0) is 24.6 Å². The van der Waals surface area contributed by atoms with E-state index in [4.69, 9.17) is 10.5 Å². The lowest BCUT2D eigenvalue weighted by atomic mass is 10.2. The Balaban J connectivity index is 1.78. The Hall–Kier alpha value is -1.55. The Labute approximate surface area is 101 Å². The van der Waals surface area contributed by atoms with Crippen molar-refractivity contribution in [1.82, 2.24) is 4.90 Å². The molecular weight excluding hydrogens is 216 g/mol. The Morgan fingerprint density at radius 3 is 3.00 bits per heavy atom. The van der Waals surface area contributed by atoms with E-state index >= 15 is 0 Å². The monoisotopic (exact) mass is 234 g/mol. The molecule has 2 rings (SSSR count). The van der Waals surface area contributed by atoms with E-state index in [1.165, 1.54) is 5.56 Å². The molecule has 0 saturated carbocycles. The second-order valence-electron chi connectivity index (χ2n) is 4.47. The molecule has 2 N–H and O–H groups in total. The van der Waals surface area contributed by atoms with E-state index in [2.05, 4.69) is 0 Å². The smallest absolute Gasteiger partial charge is 0.224 e. The highest BCUT2D eigenvalue weighted by Gasteiger charge is 2.26. The molecule has 4 nitrogen and oxygen atoms in total. The molecule has 1 fully saturated rings. The predicted molar refractivity (Wildman–Crippen MR) is 65.8 cm³/mol. The lowest BCUT2D eigenvalue weighted by Crippen LogP contribution is -2.31. The molecule has 4 heteroatoms. The molecule has 0 aromatic heterocycles. The van der Waals surface area contributed by atoms with Gasteiger partial charge < -0.3 is 15.4 Å². The first-order valence-electron chi connectivity index (χ1n) is 5.88. The van der Waals surface area contributed by atoms with Crippen LogP contribution < -0.4 is 10.5 Å². The van der Waals surface area contributed by atoms with Crippen LogP contribution in [0, 0.1) is 6.92 Å². The molecule has 1 atom stereocenters. The topological polar surface area (TPSA) is 55.6 Å². The van der Waals surface area contributed by atoms with Crippen LogP contribution in [-0.2, 0) is 4.79 Å². The molecule has 0 bridgehead atoms. The molecule has 1 aromatic carbocycles. The number of carbonyl (C=O) groups is 1. The van der Waals surface area contributed by atoms with E-state index in [-0.39, 0.29) is 11.9 Å². The van der Waals surface area contributed by atoms with Crippen LogP contribution in [0.2, 0.25) is 0 Å². The first kappa shape index (κ1) is 11.9. The minimum atomic E-state index is -0.0125. The van der Waals surface area contributed by atoms with Crippen LogP contribution in [0.15, 0.2) is 24.3 Å². The molecule has 1 unspecified atom stereocenters. The minimum Gasteiger partial charge on any atom is -0.492 e. The summed E-state index contributed by atoms with van der Waals surface area (Å²) in [6, 6.07) is 7.88. The third kappa shape index (κ3) is 3.20. The molecule has 0 aliphatic carbocycles. The lowest BCUT2D eigenvalue weighted by Gasteiger charge is -2.16. The molecule has 1 heterocycles. The quantitative estimate of drug-likeness (QED) is 0.843. The third-order valence-corrected chi connectivity index (χ3v) is 2.86. The van der Waals surface area contributed by atoms with Gasteiger partial charge in [0.2, 0.25) is 5.91 Å². The number of rotatable bonds is 4. The van der Waals surface area contributed by atoms with Gasteiger partial charge in [-0.15, -0.1) is 0 Å². The number of benzene rings is 1. The molecule has 1 aliphatic heterocycles. The largest absolute Gasteiger partial charge is 0.492 e.